The van der Waals surface area contributed by atoms with E-state index in [0.717, 1.165) is 5.56 Å². The summed E-state index contributed by atoms with van der Waals surface area (Å²) >= 11 is 0. The summed E-state index contributed by atoms with van der Waals surface area (Å²) in [5.74, 6) is -0.0371. The summed E-state index contributed by atoms with van der Waals surface area (Å²) in [6.45, 7) is 4.78. The van der Waals surface area contributed by atoms with Gasteiger partial charge in [-0.2, -0.15) is 0 Å². The van der Waals surface area contributed by atoms with Crippen molar-refractivity contribution in [3.8, 4) is 0 Å². The fraction of sp³-hybridized carbons (Fsp3) is 0.263. The summed E-state index contributed by atoms with van der Waals surface area (Å²) in [7, 11) is -2.38. The van der Waals surface area contributed by atoms with Crippen LogP contribution >= 0.6 is 0 Å². The number of ether oxygens (including phenoxy) is 1. The minimum Gasteiger partial charge on any atom is -0.479 e. The molecule has 0 aliphatic rings. The number of methoxy groups -OCH3 is 1. The Morgan fingerprint density at radius 1 is 0.920 bits per heavy atom. The predicted molar refractivity (Wildman–Crippen MR) is 102 cm³/mol. The normalized spacial score (nSPS) is 13.6. The maximum atomic E-state index is 12.5. The monoisotopic (exact) mass is 358 g/mol. The van der Waals surface area contributed by atoms with Crippen molar-refractivity contribution >= 4 is 27.3 Å². The lowest BCUT2D eigenvalue weighted by molar-refractivity contribution is 0.411. The van der Waals surface area contributed by atoms with Crippen LogP contribution in [0.15, 0.2) is 70.1 Å². The van der Waals surface area contributed by atoms with Crippen LogP contribution < -0.4 is 0 Å². The number of benzene rings is 2. The van der Waals surface area contributed by atoms with Gasteiger partial charge in [0.15, 0.2) is 0 Å². The van der Waals surface area contributed by atoms with Crippen molar-refractivity contribution in [1.82, 2.24) is 0 Å². The van der Waals surface area contributed by atoms with E-state index in [0.29, 0.717) is 11.4 Å². The molecule has 0 heterocycles. The number of rotatable bonds is 4. The fourth-order valence-corrected chi connectivity index (χ4v) is 2.54. The third-order valence-electron chi connectivity index (χ3n) is 3.42. The zero-order valence-electron chi connectivity index (χ0n) is 14.8. The number of para-hydroxylation sites is 1. The van der Waals surface area contributed by atoms with Crippen LogP contribution in [0.4, 0.5) is 5.69 Å². The molecule has 0 saturated carbocycles. The molecule has 2 aromatic rings. The summed E-state index contributed by atoms with van der Waals surface area (Å²) in [5.41, 5.74) is 1.76. The van der Waals surface area contributed by atoms with Crippen LogP contribution in [-0.4, -0.2) is 31.9 Å². The van der Waals surface area contributed by atoms with Crippen LogP contribution in [0.3, 0.4) is 0 Å². The number of nitrogens with zero attached hydrogens (tertiary/aromatic N) is 2. The van der Waals surface area contributed by atoms with Crippen molar-refractivity contribution in [3.05, 3.63) is 66.2 Å². The van der Waals surface area contributed by atoms with Crippen molar-refractivity contribution in [1.29, 1.82) is 0 Å². The van der Waals surface area contributed by atoms with E-state index < -0.39 is 14.8 Å². The molecule has 0 atom stereocenters. The van der Waals surface area contributed by atoms with Crippen molar-refractivity contribution in [2.75, 3.05) is 7.11 Å². The van der Waals surface area contributed by atoms with Crippen LogP contribution in [-0.2, 0) is 14.8 Å². The van der Waals surface area contributed by atoms with Crippen LogP contribution in [0.5, 0.6) is 0 Å². The zero-order valence-corrected chi connectivity index (χ0v) is 15.6. The Balaban J connectivity index is 2.64. The maximum absolute atomic E-state index is 12.5. The molecule has 0 saturated heterocycles. The molecular weight excluding hydrogens is 336 g/mol. The quantitative estimate of drug-likeness (QED) is 0.613. The van der Waals surface area contributed by atoms with Crippen LogP contribution in [0.2, 0.25) is 0 Å². The first-order valence-corrected chi connectivity index (χ1v) is 9.26. The summed E-state index contributed by atoms with van der Waals surface area (Å²) in [4.78, 5) is 4.56. The summed E-state index contributed by atoms with van der Waals surface area (Å²) < 4.78 is 33.2. The third kappa shape index (κ3) is 4.76. The third-order valence-corrected chi connectivity index (χ3v) is 5.37. The minimum absolute atomic E-state index is 0.0371. The summed E-state index contributed by atoms with van der Waals surface area (Å²) in [6, 6.07) is 18.5. The Kier molecular flexibility index (Phi) is 5.74. The molecule has 2 rings (SSSR count). The lowest BCUT2D eigenvalue weighted by Crippen LogP contribution is -2.29. The van der Waals surface area contributed by atoms with E-state index in [9.17, 15) is 8.42 Å². The van der Waals surface area contributed by atoms with E-state index in [2.05, 4.69) is 9.39 Å². The van der Waals surface area contributed by atoms with Gasteiger partial charge in [-0.05, 0) is 32.9 Å². The highest BCUT2D eigenvalue weighted by Crippen LogP contribution is 2.20. The fourth-order valence-electron chi connectivity index (χ4n) is 1.89. The standard InChI is InChI=1S/C19H22N2O3S/c1-19(2,3)25(22,23)21-18(24-4)17(15-11-7-5-8-12-15)20-16-13-9-6-10-14-16/h5-14H,1-4H3/b20-17?,21-18+. The van der Waals surface area contributed by atoms with Gasteiger partial charge in [0.2, 0.25) is 0 Å². The van der Waals surface area contributed by atoms with Crippen LogP contribution in [0.25, 0.3) is 0 Å². The Labute approximate surface area is 149 Å². The number of sulfonamides is 1. The molecule has 0 bridgehead atoms. The summed E-state index contributed by atoms with van der Waals surface area (Å²) in [5, 5.41) is 0. The Morgan fingerprint density at radius 2 is 1.44 bits per heavy atom. The predicted octanol–water partition coefficient (Wildman–Crippen LogP) is 3.98. The van der Waals surface area contributed by atoms with E-state index in [-0.39, 0.29) is 5.90 Å². The first kappa shape index (κ1) is 18.9. The Bertz CT molecular complexity index is 866. The molecule has 5 nitrogen and oxygen atoms in total. The van der Waals surface area contributed by atoms with Gasteiger partial charge in [0.1, 0.15) is 5.71 Å². The first-order chi connectivity index (χ1) is 11.7. The molecule has 2 aromatic carbocycles. The van der Waals surface area contributed by atoms with Gasteiger partial charge in [-0.25, -0.2) is 13.4 Å². The van der Waals surface area contributed by atoms with E-state index in [1.54, 1.807) is 20.8 Å². The van der Waals surface area contributed by atoms with Gasteiger partial charge in [0.05, 0.1) is 17.5 Å². The van der Waals surface area contributed by atoms with E-state index in [1.165, 1.54) is 7.11 Å². The topological polar surface area (TPSA) is 68.1 Å². The molecule has 0 aromatic heterocycles. The molecule has 0 fully saturated rings. The average molecular weight is 358 g/mol. The highest BCUT2D eigenvalue weighted by Gasteiger charge is 2.30. The lowest BCUT2D eigenvalue weighted by Gasteiger charge is -2.17. The second-order valence-corrected chi connectivity index (χ2v) is 8.71. The SMILES string of the molecule is CO/C(=N/S(=O)(=O)C(C)(C)C)C(=Nc1ccccc1)c1ccccc1. The molecular formula is C19H22N2O3S. The van der Waals surface area contributed by atoms with Gasteiger partial charge < -0.3 is 4.74 Å². The molecule has 0 aliphatic carbocycles. The highest BCUT2D eigenvalue weighted by atomic mass is 32.2. The molecule has 0 amide bonds. The van der Waals surface area contributed by atoms with Gasteiger partial charge in [-0.3, -0.25) is 0 Å². The average Bonchev–Trinajstić information content (AvgIpc) is 2.58. The van der Waals surface area contributed by atoms with Gasteiger partial charge in [0, 0.05) is 5.56 Å². The van der Waals surface area contributed by atoms with Crippen molar-refractivity contribution in [2.24, 2.45) is 9.39 Å². The second kappa shape index (κ2) is 7.61. The molecule has 0 unspecified atom stereocenters. The number of hydrogen-bond donors (Lipinski definition) is 0. The molecule has 0 aliphatic heterocycles. The van der Waals surface area contributed by atoms with Crippen LogP contribution in [0, 0.1) is 0 Å². The summed E-state index contributed by atoms with van der Waals surface area (Å²) in [6.07, 6.45) is 0. The van der Waals surface area contributed by atoms with Gasteiger partial charge >= 0.3 is 0 Å². The van der Waals surface area contributed by atoms with E-state index >= 15 is 0 Å². The highest BCUT2D eigenvalue weighted by molar-refractivity contribution is 7.91. The molecule has 0 spiro atoms. The molecule has 6 heteroatoms. The lowest BCUT2D eigenvalue weighted by atomic mass is 10.1. The molecule has 25 heavy (non-hydrogen) atoms. The van der Waals surface area contributed by atoms with Gasteiger partial charge in [-0.15, -0.1) is 4.40 Å². The van der Waals surface area contributed by atoms with Crippen molar-refractivity contribution in [2.45, 2.75) is 25.5 Å². The number of aliphatic imine (C=N–C) groups is 1. The van der Waals surface area contributed by atoms with Crippen molar-refractivity contribution in [3.63, 3.8) is 0 Å². The first-order valence-electron chi connectivity index (χ1n) is 7.82. The molecule has 0 N–H and O–H groups in total. The smallest absolute Gasteiger partial charge is 0.261 e. The molecule has 132 valence electrons. The van der Waals surface area contributed by atoms with Gasteiger partial charge in [-0.1, -0.05) is 48.5 Å². The van der Waals surface area contributed by atoms with Crippen LogP contribution in [0.1, 0.15) is 26.3 Å². The van der Waals surface area contributed by atoms with Crippen molar-refractivity contribution < 1.29 is 13.2 Å². The Morgan fingerprint density at radius 3 is 1.92 bits per heavy atom. The van der Waals surface area contributed by atoms with E-state index in [1.807, 2.05) is 60.7 Å². The molecule has 0 radical (unpaired) electrons. The largest absolute Gasteiger partial charge is 0.479 e. The maximum Gasteiger partial charge on any atom is 0.261 e. The Hall–Kier alpha value is -2.47. The van der Waals surface area contributed by atoms with Gasteiger partial charge in [0.25, 0.3) is 15.9 Å². The second-order valence-electron chi connectivity index (χ2n) is 6.35. The number of hydrogen-bond acceptors (Lipinski definition) is 4. The minimum atomic E-state index is -3.77. The zero-order chi connectivity index (χ0) is 18.5. The van der Waals surface area contributed by atoms with E-state index in [4.69, 9.17) is 4.74 Å².